The lowest BCUT2D eigenvalue weighted by atomic mass is 9.90. The van der Waals surface area contributed by atoms with Crippen molar-refractivity contribution in [2.75, 3.05) is 0 Å². The minimum absolute atomic E-state index is 0.164. The fourth-order valence-corrected chi connectivity index (χ4v) is 2.54. The van der Waals surface area contributed by atoms with Crippen molar-refractivity contribution in [3.05, 3.63) is 42.1 Å². The van der Waals surface area contributed by atoms with Gasteiger partial charge in [0.1, 0.15) is 0 Å². The van der Waals surface area contributed by atoms with Crippen LogP contribution in [0.2, 0.25) is 0 Å². The Morgan fingerprint density at radius 3 is 2.21 bits per heavy atom. The average Bonchev–Trinajstić information content (AvgIpc) is 2.36. The summed E-state index contributed by atoms with van der Waals surface area (Å²) in [5.41, 5.74) is 14.0. The van der Waals surface area contributed by atoms with E-state index in [1.807, 2.05) is 32.0 Å². The number of aromatic nitrogens is 1. The van der Waals surface area contributed by atoms with E-state index in [4.69, 9.17) is 16.5 Å². The molecule has 102 valence electrons. The maximum absolute atomic E-state index is 5.95. The Hall–Kier alpha value is -1.45. The molecule has 2 aromatic rings. The van der Waals surface area contributed by atoms with Crippen LogP contribution in [0.1, 0.15) is 38.3 Å². The van der Waals surface area contributed by atoms with Crippen molar-refractivity contribution in [2.24, 2.45) is 11.5 Å². The molecule has 0 spiro atoms. The van der Waals surface area contributed by atoms with Gasteiger partial charge in [-0.1, -0.05) is 24.3 Å². The highest BCUT2D eigenvalue weighted by Crippen LogP contribution is 2.26. The molecule has 3 heteroatoms. The number of hydrogen-bond donors (Lipinski definition) is 2. The first-order chi connectivity index (χ1) is 9.06. The van der Waals surface area contributed by atoms with Gasteiger partial charge >= 0.3 is 0 Å². The van der Waals surface area contributed by atoms with Crippen molar-refractivity contribution in [1.82, 2.24) is 4.98 Å². The summed E-state index contributed by atoms with van der Waals surface area (Å²) >= 11 is 0. The molecule has 4 N–H and O–H groups in total. The van der Waals surface area contributed by atoms with Crippen molar-refractivity contribution in [2.45, 2.75) is 44.7 Å². The Morgan fingerprint density at radius 2 is 1.58 bits per heavy atom. The van der Waals surface area contributed by atoms with Crippen molar-refractivity contribution >= 4 is 10.9 Å². The van der Waals surface area contributed by atoms with Gasteiger partial charge in [0.05, 0.1) is 5.52 Å². The van der Waals surface area contributed by atoms with Crippen molar-refractivity contribution in [3.63, 3.8) is 0 Å². The number of nitrogens with zero attached hydrogens (tertiary/aromatic N) is 1. The van der Waals surface area contributed by atoms with E-state index in [0.717, 1.165) is 24.1 Å². The quantitative estimate of drug-likeness (QED) is 0.865. The van der Waals surface area contributed by atoms with E-state index in [2.05, 4.69) is 18.2 Å². The molecular weight excluding hydrogens is 234 g/mol. The zero-order chi connectivity index (χ0) is 13.8. The van der Waals surface area contributed by atoms with Crippen LogP contribution in [0.15, 0.2) is 36.4 Å². The van der Waals surface area contributed by atoms with Crippen LogP contribution in [0.5, 0.6) is 0 Å². The largest absolute Gasteiger partial charge is 0.328 e. The highest BCUT2D eigenvalue weighted by Gasteiger charge is 2.17. The third-order valence-electron chi connectivity index (χ3n) is 3.35. The van der Waals surface area contributed by atoms with Gasteiger partial charge in [0.2, 0.25) is 0 Å². The summed E-state index contributed by atoms with van der Waals surface area (Å²) in [4.78, 5) is 4.77. The zero-order valence-corrected chi connectivity index (χ0v) is 11.7. The van der Waals surface area contributed by atoms with Crippen LogP contribution in [0.3, 0.4) is 0 Å². The Bertz CT molecular complexity index is 524. The Morgan fingerprint density at radius 1 is 0.947 bits per heavy atom. The molecule has 0 bridgehead atoms. The molecule has 0 radical (unpaired) electrons. The lowest BCUT2D eigenvalue weighted by Gasteiger charge is -2.20. The summed E-state index contributed by atoms with van der Waals surface area (Å²) in [7, 11) is 0. The molecule has 1 aromatic carbocycles. The van der Waals surface area contributed by atoms with Crippen molar-refractivity contribution < 1.29 is 0 Å². The molecule has 0 aliphatic carbocycles. The van der Waals surface area contributed by atoms with Crippen molar-refractivity contribution in [3.8, 4) is 0 Å². The Labute approximate surface area is 115 Å². The van der Waals surface area contributed by atoms with E-state index in [9.17, 15) is 0 Å². The van der Waals surface area contributed by atoms with E-state index in [0.29, 0.717) is 5.92 Å². The van der Waals surface area contributed by atoms with Gasteiger partial charge in [-0.05, 0) is 38.8 Å². The van der Waals surface area contributed by atoms with Gasteiger partial charge in [0.25, 0.3) is 0 Å². The highest BCUT2D eigenvalue weighted by molar-refractivity contribution is 5.78. The predicted octanol–water partition coefficient (Wildman–Crippen LogP) is 2.79. The Kier molecular flexibility index (Phi) is 4.51. The number of fused-ring (bicyclic) bond motifs is 1. The van der Waals surface area contributed by atoms with Gasteiger partial charge in [0, 0.05) is 29.1 Å². The van der Waals surface area contributed by atoms with Gasteiger partial charge in [-0.25, -0.2) is 0 Å². The van der Waals surface area contributed by atoms with Crippen LogP contribution in [-0.4, -0.2) is 17.1 Å². The van der Waals surface area contributed by atoms with Crippen LogP contribution in [0, 0.1) is 0 Å². The molecular formula is C16H23N3. The molecule has 3 nitrogen and oxygen atoms in total. The molecule has 2 unspecified atom stereocenters. The average molecular weight is 257 g/mol. The van der Waals surface area contributed by atoms with Gasteiger partial charge in [-0.15, -0.1) is 0 Å². The minimum Gasteiger partial charge on any atom is -0.328 e. The van der Waals surface area contributed by atoms with E-state index in [1.165, 1.54) is 5.39 Å². The van der Waals surface area contributed by atoms with Gasteiger partial charge in [-0.3, -0.25) is 4.98 Å². The number of rotatable bonds is 5. The molecule has 2 rings (SSSR count). The summed E-state index contributed by atoms with van der Waals surface area (Å²) in [5.74, 6) is 0.338. The minimum atomic E-state index is 0.164. The van der Waals surface area contributed by atoms with Gasteiger partial charge in [-0.2, -0.15) is 0 Å². The van der Waals surface area contributed by atoms with Gasteiger partial charge < -0.3 is 11.5 Å². The second-order valence-corrected chi connectivity index (χ2v) is 5.55. The van der Waals surface area contributed by atoms with Crippen LogP contribution in [-0.2, 0) is 0 Å². The van der Waals surface area contributed by atoms with E-state index >= 15 is 0 Å². The number of pyridine rings is 1. The second-order valence-electron chi connectivity index (χ2n) is 5.55. The Balaban J connectivity index is 2.32. The zero-order valence-electron chi connectivity index (χ0n) is 11.7. The fourth-order valence-electron chi connectivity index (χ4n) is 2.54. The number of benzene rings is 1. The fraction of sp³-hybridized carbons (Fsp3) is 0.438. The third-order valence-corrected chi connectivity index (χ3v) is 3.35. The number of hydrogen-bond acceptors (Lipinski definition) is 3. The summed E-state index contributed by atoms with van der Waals surface area (Å²) < 4.78 is 0. The van der Waals surface area contributed by atoms with Crippen LogP contribution in [0.4, 0.5) is 0 Å². The number of nitrogens with two attached hydrogens (primary N) is 2. The maximum atomic E-state index is 5.95. The van der Waals surface area contributed by atoms with Crippen LogP contribution >= 0.6 is 0 Å². The number of para-hydroxylation sites is 1. The molecule has 0 saturated heterocycles. The molecule has 0 aliphatic rings. The summed E-state index contributed by atoms with van der Waals surface area (Å²) in [6.45, 7) is 4.07. The SMILES string of the molecule is CC(N)CC(CC(C)N)c1ccc2ccccc2n1. The summed E-state index contributed by atoms with van der Waals surface area (Å²) in [6.07, 6.45) is 1.85. The van der Waals surface area contributed by atoms with Crippen molar-refractivity contribution in [1.29, 1.82) is 0 Å². The third kappa shape index (κ3) is 3.75. The molecule has 2 atom stereocenters. The first kappa shape index (κ1) is 14.0. The standard InChI is InChI=1S/C16H23N3/c1-11(17)9-14(10-12(2)18)16-8-7-13-5-3-4-6-15(13)19-16/h3-8,11-12,14H,9-10,17-18H2,1-2H3. The summed E-state index contributed by atoms with van der Waals surface area (Å²) in [6, 6.07) is 12.8. The van der Waals surface area contributed by atoms with E-state index in [-0.39, 0.29) is 12.1 Å². The lowest BCUT2D eigenvalue weighted by molar-refractivity contribution is 0.478. The first-order valence-electron chi connectivity index (χ1n) is 6.93. The molecule has 1 aromatic heterocycles. The maximum Gasteiger partial charge on any atom is 0.0705 e. The normalized spacial score (nSPS) is 16.2. The van der Waals surface area contributed by atoms with E-state index < -0.39 is 0 Å². The topological polar surface area (TPSA) is 64.9 Å². The van der Waals surface area contributed by atoms with Gasteiger partial charge in [0.15, 0.2) is 0 Å². The highest BCUT2D eigenvalue weighted by atomic mass is 14.7. The van der Waals surface area contributed by atoms with E-state index in [1.54, 1.807) is 0 Å². The van der Waals surface area contributed by atoms with Crippen LogP contribution in [0.25, 0.3) is 10.9 Å². The molecule has 0 aliphatic heterocycles. The predicted molar refractivity (Wildman–Crippen MR) is 81.0 cm³/mol. The molecule has 0 fully saturated rings. The molecule has 19 heavy (non-hydrogen) atoms. The second kappa shape index (κ2) is 6.13. The lowest BCUT2D eigenvalue weighted by Crippen LogP contribution is -2.24. The molecule has 1 heterocycles. The monoisotopic (exact) mass is 257 g/mol. The van der Waals surface area contributed by atoms with Crippen LogP contribution < -0.4 is 11.5 Å². The first-order valence-corrected chi connectivity index (χ1v) is 6.93. The molecule has 0 amide bonds. The molecule has 0 saturated carbocycles. The summed E-state index contributed by atoms with van der Waals surface area (Å²) in [5, 5.41) is 1.17. The smallest absolute Gasteiger partial charge is 0.0705 e.